The summed E-state index contributed by atoms with van der Waals surface area (Å²) in [5.41, 5.74) is 0.595. The van der Waals surface area contributed by atoms with Crippen molar-refractivity contribution in [2.24, 2.45) is 0 Å². The third-order valence-electron chi connectivity index (χ3n) is 4.84. The minimum absolute atomic E-state index is 0.0770. The predicted octanol–water partition coefficient (Wildman–Crippen LogP) is 2.80. The van der Waals surface area contributed by atoms with Crippen LogP contribution in [0.1, 0.15) is 30.0 Å². The molecule has 0 saturated carbocycles. The molecule has 1 aliphatic rings. The maximum atomic E-state index is 12.7. The lowest BCUT2D eigenvalue weighted by molar-refractivity contribution is 0.0911. The van der Waals surface area contributed by atoms with Crippen LogP contribution in [-0.4, -0.2) is 52.3 Å². The summed E-state index contributed by atoms with van der Waals surface area (Å²) < 4.78 is 36.1. The molecule has 0 aliphatic carbocycles. The number of carbonyl (C=O) groups excluding carboxylic acids is 1. The summed E-state index contributed by atoms with van der Waals surface area (Å²) in [7, 11) is -3.08. The summed E-state index contributed by atoms with van der Waals surface area (Å²) in [6, 6.07) is 5.04. The molecule has 3 aromatic heterocycles. The Kier molecular flexibility index (Phi) is 5.30. The van der Waals surface area contributed by atoms with E-state index < -0.39 is 21.3 Å². The van der Waals surface area contributed by atoms with Crippen molar-refractivity contribution >= 4 is 33.0 Å². The van der Waals surface area contributed by atoms with Crippen molar-refractivity contribution in [2.45, 2.75) is 26.3 Å². The first-order valence-electron chi connectivity index (χ1n) is 9.57. The number of hydrogen-bond acceptors (Lipinski definition) is 7. The number of hydrogen-bond donors (Lipinski definition) is 1. The highest BCUT2D eigenvalue weighted by Gasteiger charge is 2.46. The molecule has 9 nitrogen and oxygen atoms in total. The minimum Gasteiger partial charge on any atom is -0.488 e. The van der Waals surface area contributed by atoms with Gasteiger partial charge < -0.3 is 14.8 Å². The molecule has 0 atom stereocenters. The van der Waals surface area contributed by atoms with E-state index in [1.165, 1.54) is 6.20 Å². The smallest absolute Gasteiger partial charge is 0.272 e. The number of fused-ring (bicyclic) bond motifs is 1. The summed E-state index contributed by atoms with van der Waals surface area (Å²) in [4.78, 5) is 21.3. The van der Waals surface area contributed by atoms with Gasteiger partial charge in [0.05, 0.1) is 40.6 Å². The highest BCUT2D eigenvalue weighted by molar-refractivity contribution is 7.93. The summed E-state index contributed by atoms with van der Waals surface area (Å²) >= 11 is 5.98. The fourth-order valence-electron chi connectivity index (χ4n) is 3.61. The van der Waals surface area contributed by atoms with Crippen LogP contribution in [0.25, 0.3) is 5.65 Å². The van der Waals surface area contributed by atoms with Crippen molar-refractivity contribution in [3.8, 4) is 17.4 Å². The van der Waals surface area contributed by atoms with Gasteiger partial charge in [-0.3, -0.25) is 9.20 Å². The average molecular weight is 465 g/mol. The number of nitrogens with one attached hydrogen (secondary N) is 1. The number of nitrogens with zero attached hydrogens (tertiary/aromatic N) is 3. The molecule has 0 radical (unpaired) electrons. The molecule has 4 rings (SSSR count). The van der Waals surface area contributed by atoms with E-state index in [9.17, 15) is 13.2 Å². The molecule has 1 N–H and O–H groups in total. The topological polar surface area (TPSA) is 112 Å². The number of ether oxygens (including phenoxy) is 2. The molecule has 1 amide bonds. The van der Waals surface area contributed by atoms with Gasteiger partial charge in [-0.15, -0.1) is 0 Å². The monoisotopic (exact) mass is 464 g/mol. The molecule has 4 heterocycles. The Labute approximate surface area is 184 Å². The van der Waals surface area contributed by atoms with Gasteiger partial charge in [0, 0.05) is 12.3 Å². The van der Waals surface area contributed by atoms with Crippen LogP contribution >= 0.6 is 11.6 Å². The quantitative estimate of drug-likeness (QED) is 0.596. The third-order valence-corrected chi connectivity index (χ3v) is 7.20. The zero-order chi connectivity index (χ0) is 22.4. The van der Waals surface area contributed by atoms with Crippen molar-refractivity contribution in [2.75, 3.05) is 18.1 Å². The first kappa shape index (κ1) is 21.4. The molecule has 1 saturated heterocycles. The lowest BCUT2D eigenvalue weighted by Crippen LogP contribution is -2.63. The minimum atomic E-state index is -3.08. The summed E-state index contributed by atoms with van der Waals surface area (Å²) in [5.74, 6) is 0.576. The lowest BCUT2D eigenvalue weighted by atomic mass is 10.1. The molecule has 164 valence electrons. The van der Waals surface area contributed by atoms with Gasteiger partial charge in [-0.05, 0) is 32.9 Å². The van der Waals surface area contributed by atoms with Gasteiger partial charge in [-0.2, -0.15) is 0 Å². The number of sulfone groups is 1. The van der Waals surface area contributed by atoms with Gasteiger partial charge in [-0.25, -0.2) is 18.4 Å². The number of rotatable bonds is 6. The van der Waals surface area contributed by atoms with E-state index in [1.54, 1.807) is 42.6 Å². The number of halogens is 1. The largest absolute Gasteiger partial charge is 0.488 e. The van der Waals surface area contributed by atoms with Crippen LogP contribution in [-0.2, 0) is 9.84 Å². The maximum absolute atomic E-state index is 12.7. The fraction of sp³-hybridized carbons (Fsp3) is 0.350. The van der Waals surface area contributed by atoms with E-state index in [-0.39, 0.29) is 23.1 Å². The average Bonchev–Trinajstić information content (AvgIpc) is 2.99. The van der Waals surface area contributed by atoms with Crippen LogP contribution < -0.4 is 14.8 Å². The second kappa shape index (κ2) is 7.69. The first-order chi connectivity index (χ1) is 14.6. The SMILES string of the molecule is CCOc1cc(Cl)cnc1Oc1ccc2nc(C(=O)NC3(C)CS(=O)(=O)C3)c(C)n2c1. The van der Waals surface area contributed by atoms with E-state index in [2.05, 4.69) is 15.3 Å². The Morgan fingerprint density at radius 1 is 1.35 bits per heavy atom. The van der Waals surface area contributed by atoms with Crippen molar-refractivity contribution in [3.05, 3.63) is 47.0 Å². The molecule has 11 heteroatoms. The number of aryl methyl sites for hydroxylation is 1. The Balaban J connectivity index is 1.59. The number of carbonyl (C=O) groups is 1. The van der Waals surface area contributed by atoms with Crippen LogP contribution in [0, 0.1) is 6.92 Å². The zero-order valence-electron chi connectivity index (χ0n) is 17.2. The van der Waals surface area contributed by atoms with Gasteiger partial charge in [0.2, 0.25) is 0 Å². The van der Waals surface area contributed by atoms with Gasteiger partial charge in [0.15, 0.2) is 15.6 Å². The number of amides is 1. The summed E-state index contributed by atoms with van der Waals surface area (Å²) in [6.45, 7) is 5.73. The molecule has 0 aromatic carbocycles. The maximum Gasteiger partial charge on any atom is 0.272 e. The Morgan fingerprint density at radius 3 is 2.77 bits per heavy atom. The van der Waals surface area contributed by atoms with Crippen molar-refractivity contribution in [1.82, 2.24) is 19.7 Å². The zero-order valence-corrected chi connectivity index (χ0v) is 18.7. The van der Waals surface area contributed by atoms with E-state index in [0.717, 1.165) is 0 Å². The normalized spacial score (nSPS) is 16.5. The fourth-order valence-corrected chi connectivity index (χ4v) is 5.76. The van der Waals surface area contributed by atoms with Crippen LogP contribution in [0.3, 0.4) is 0 Å². The van der Waals surface area contributed by atoms with E-state index in [0.29, 0.717) is 34.5 Å². The highest BCUT2D eigenvalue weighted by Crippen LogP contribution is 2.32. The Hall–Kier alpha value is -2.85. The van der Waals surface area contributed by atoms with Crippen molar-refractivity contribution < 1.29 is 22.7 Å². The van der Waals surface area contributed by atoms with Crippen LogP contribution in [0.2, 0.25) is 5.02 Å². The number of aromatic nitrogens is 3. The van der Waals surface area contributed by atoms with Crippen LogP contribution in [0.5, 0.6) is 17.4 Å². The molecule has 0 bridgehead atoms. The molecule has 31 heavy (non-hydrogen) atoms. The van der Waals surface area contributed by atoms with Gasteiger partial charge in [0.1, 0.15) is 17.1 Å². The summed E-state index contributed by atoms with van der Waals surface area (Å²) in [5, 5.41) is 3.21. The molecule has 0 unspecified atom stereocenters. The first-order valence-corrected chi connectivity index (χ1v) is 11.8. The van der Waals surface area contributed by atoms with E-state index in [4.69, 9.17) is 21.1 Å². The highest BCUT2D eigenvalue weighted by atomic mass is 35.5. The number of pyridine rings is 2. The second-order valence-corrected chi connectivity index (χ2v) is 10.2. The Bertz CT molecular complexity index is 1280. The molecular weight excluding hydrogens is 444 g/mol. The Morgan fingerprint density at radius 2 is 2.10 bits per heavy atom. The predicted molar refractivity (Wildman–Crippen MR) is 115 cm³/mol. The summed E-state index contributed by atoms with van der Waals surface area (Å²) in [6.07, 6.45) is 3.15. The molecule has 3 aromatic rings. The molecule has 1 fully saturated rings. The van der Waals surface area contributed by atoms with Gasteiger partial charge in [0.25, 0.3) is 11.8 Å². The lowest BCUT2D eigenvalue weighted by Gasteiger charge is -2.38. The second-order valence-electron chi connectivity index (χ2n) is 7.68. The van der Waals surface area contributed by atoms with Crippen molar-refractivity contribution in [1.29, 1.82) is 0 Å². The molecule has 0 spiro atoms. The molecule has 1 aliphatic heterocycles. The third kappa shape index (κ3) is 4.31. The van der Waals surface area contributed by atoms with Gasteiger partial charge >= 0.3 is 0 Å². The standard InChI is InChI=1S/C20H21ClN4O5S/c1-4-29-15-7-13(21)8-22-19(15)30-14-5-6-16-23-17(12(2)25(16)9-14)18(26)24-20(3)10-31(27,28)11-20/h5-9H,4,10-11H2,1-3H3,(H,24,26). The number of imidazole rings is 1. The van der Waals surface area contributed by atoms with Crippen LogP contribution in [0.15, 0.2) is 30.6 Å². The van der Waals surface area contributed by atoms with Gasteiger partial charge in [-0.1, -0.05) is 11.6 Å². The van der Waals surface area contributed by atoms with Crippen LogP contribution in [0.4, 0.5) is 0 Å². The van der Waals surface area contributed by atoms with E-state index >= 15 is 0 Å². The van der Waals surface area contributed by atoms with Crippen molar-refractivity contribution in [3.63, 3.8) is 0 Å². The van der Waals surface area contributed by atoms with E-state index in [1.807, 2.05) is 6.92 Å². The molecular formula is C20H21ClN4O5S.